The molecule has 0 aliphatic carbocycles. The molecule has 29 heavy (non-hydrogen) atoms. The van der Waals surface area contributed by atoms with E-state index in [4.69, 9.17) is 4.74 Å². The van der Waals surface area contributed by atoms with Crippen molar-refractivity contribution in [3.63, 3.8) is 0 Å². The molecule has 3 rings (SSSR count). The van der Waals surface area contributed by atoms with Crippen molar-refractivity contribution in [1.82, 2.24) is 4.90 Å². The maximum absolute atomic E-state index is 12.4. The Labute approximate surface area is 179 Å². The van der Waals surface area contributed by atoms with Crippen LogP contribution in [0.5, 0.6) is 5.75 Å². The summed E-state index contributed by atoms with van der Waals surface area (Å²) in [5, 5.41) is 5.75. The molecule has 154 valence electrons. The fraction of sp³-hybridized carbons (Fsp3) is 0.364. The third-order valence-electron chi connectivity index (χ3n) is 4.79. The van der Waals surface area contributed by atoms with E-state index in [-0.39, 0.29) is 11.9 Å². The van der Waals surface area contributed by atoms with E-state index in [1.54, 1.807) is 43.3 Å². The van der Waals surface area contributed by atoms with Crippen LogP contribution in [-0.4, -0.2) is 36.0 Å². The molecule has 1 fully saturated rings. The van der Waals surface area contributed by atoms with Gasteiger partial charge in [0.25, 0.3) is 5.91 Å². The quantitative estimate of drug-likeness (QED) is 0.639. The van der Waals surface area contributed by atoms with Gasteiger partial charge in [0.05, 0.1) is 0 Å². The van der Waals surface area contributed by atoms with Crippen molar-refractivity contribution in [2.45, 2.75) is 38.7 Å². The van der Waals surface area contributed by atoms with Crippen molar-refractivity contribution >= 4 is 39.2 Å². The van der Waals surface area contributed by atoms with Gasteiger partial charge in [-0.15, -0.1) is 0 Å². The van der Waals surface area contributed by atoms with E-state index < -0.39 is 6.10 Å². The summed E-state index contributed by atoms with van der Waals surface area (Å²) in [6.07, 6.45) is 3.83. The van der Waals surface area contributed by atoms with Crippen molar-refractivity contribution in [2.75, 3.05) is 23.7 Å². The molecular weight excluding hydrogens is 434 g/mol. The zero-order chi connectivity index (χ0) is 20.6. The summed E-state index contributed by atoms with van der Waals surface area (Å²) in [7, 11) is 0. The van der Waals surface area contributed by atoms with Crippen LogP contribution in [0.3, 0.4) is 0 Å². The maximum Gasteiger partial charge on any atom is 0.321 e. The number of carbonyl (C=O) groups excluding carboxylic acids is 2. The molecule has 0 saturated carbocycles. The number of ether oxygens (including phenoxy) is 1. The van der Waals surface area contributed by atoms with Gasteiger partial charge in [0, 0.05) is 28.9 Å². The molecule has 1 aliphatic heterocycles. The van der Waals surface area contributed by atoms with Crippen LogP contribution in [0.15, 0.2) is 53.0 Å². The zero-order valence-electron chi connectivity index (χ0n) is 16.5. The molecule has 3 amide bonds. The highest BCUT2D eigenvalue weighted by molar-refractivity contribution is 9.10. The Kier molecular flexibility index (Phi) is 7.52. The number of halogens is 1. The molecule has 1 aliphatic rings. The van der Waals surface area contributed by atoms with Crippen LogP contribution < -0.4 is 15.4 Å². The van der Waals surface area contributed by atoms with Crippen LogP contribution >= 0.6 is 15.9 Å². The van der Waals surface area contributed by atoms with Crippen molar-refractivity contribution in [2.24, 2.45) is 0 Å². The van der Waals surface area contributed by atoms with Crippen LogP contribution in [0.1, 0.15) is 32.6 Å². The highest BCUT2D eigenvalue weighted by atomic mass is 79.9. The Balaban J connectivity index is 1.50. The van der Waals surface area contributed by atoms with Gasteiger partial charge in [-0.25, -0.2) is 4.79 Å². The minimum atomic E-state index is -0.640. The summed E-state index contributed by atoms with van der Waals surface area (Å²) in [5.41, 5.74) is 1.35. The number of likely N-dealkylation sites (tertiary alicyclic amines) is 1. The molecule has 0 bridgehead atoms. The van der Waals surface area contributed by atoms with Crippen LogP contribution in [-0.2, 0) is 4.79 Å². The minimum Gasteiger partial charge on any atom is -0.481 e. The zero-order valence-corrected chi connectivity index (χ0v) is 18.1. The van der Waals surface area contributed by atoms with E-state index in [2.05, 4.69) is 26.6 Å². The van der Waals surface area contributed by atoms with Gasteiger partial charge in [0.2, 0.25) is 0 Å². The molecule has 0 radical (unpaired) electrons. The van der Waals surface area contributed by atoms with E-state index >= 15 is 0 Å². The molecule has 7 heteroatoms. The molecule has 2 aromatic rings. The molecular formula is C22H26BrN3O3. The molecule has 0 aromatic heterocycles. The number of hydrogen-bond acceptors (Lipinski definition) is 3. The van der Waals surface area contributed by atoms with E-state index in [1.165, 1.54) is 12.8 Å². The summed E-state index contributed by atoms with van der Waals surface area (Å²) in [5.74, 6) is 0.386. The first-order chi connectivity index (χ1) is 14.0. The average Bonchev–Trinajstić information content (AvgIpc) is 3.01. The molecule has 1 heterocycles. The Hall–Kier alpha value is -2.54. The first-order valence-corrected chi connectivity index (χ1v) is 10.7. The highest BCUT2D eigenvalue weighted by Crippen LogP contribution is 2.19. The maximum atomic E-state index is 12.4. The summed E-state index contributed by atoms with van der Waals surface area (Å²) < 4.78 is 6.61. The van der Waals surface area contributed by atoms with Crippen molar-refractivity contribution in [3.05, 3.63) is 53.0 Å². The summed E-state index contributed by atoms with van der Waals surface area (Å²) in [6, 6.07) is 14.4. The number of benzene rings is 2. The van der Waals surface area contributed by atoms with Gasteiger partial charge in [-0.1, -0.05) is 28.8 Å². The smallest absolute Gasteiger partial charge is 0.321 e. The second-order valence-corrected chi connectivity index (χ2v) is 8.03. The second-order valence-electron chi connectivity index (χ2n) is 7.11. The number of amides is 3. The summed E-state index contributed by atoms with van der Waals surface area (Å²) >= 11 is 3.37. The topological polar surface area (TPSA) is 70.7 Å². The Morgan fingerprint density at radius 2 is 1.45 bits per heavy atom. The highest BCUT2D eigenvalue weighted by Gasteiger charge is 2.17. The average molecular weight is 460 g/mol. The lowest BCUT2D eigenvalue weighted by atomic mass is 10.2. The van der Waals surface area contributed by atoms with Crippen LogP contribution in [0.2, 0.25) is 0 Å². The van der Waals surface area contributed by atoms with E-state index in [0.29, 0.717) is 17.1 Å². The second kappa shape index (κ2) is 10.3. The predicted octanol–water partition coefficient (Wildman–Crippen LogP) is 5.26. The third-order valence-corrected chi connectivity index (χ3v) is 5.32. The largest absolute Gasteiger partial charge is 0.481 e. The molecule has 1 saturated heterocycles. The number of anilines is 2. The van der Waals surface area contributed by atoms with E-state index in [1.807, 2.05) is 17.0 Å². The summed E-state index contributed by atoms with van der Waals surface area (Å²) in [4.78, 5) is 26.6. The number of rotatable bonds is 5. The standard InChI is InChI=1S/C22H26BrN3O3/c1-16(29-20-12-6-17(23)7-13-20)21(27)24-18-8-10-19(11-9-18)25-22(28)26-14-4-2-3-5-15-26/h6-13,16H,2-5,14-15H2,1H3,(H,24,27)(H,25,28). The van der Waals surface area contributed by atoms with Gasteiger partial charge in [0.1, 0.15) is 5.75 Å². The normalized spacial score (nSPS) is 15.2. The van der Waals surface area contributed by atoms with Crippen molar-refractivity contribution in [3.8, 4) is 5.75 Å². The fourth-order valence-electron chi connectivity index (χ4n) is 3.13. The van der Waals surface area contributed by atoms with Gasteiger partial charge >= 0.3 is 6.03 Å². The molecule has 2 aromatic carbocycles. The van der Waals surface area contributed by atoms with Gasteiger partial charge in [-0.2, -0.15) is 0 Å². The van der Waals surface area contributed by atoms with Gasteiger partial charge in [-0.3, -0.25) is 4.79 Å². The molecule has 6 nitrogen and oxygen atoms in total. The first kappa shape index (κ1) is 21.2. The Morgan fingerprint density at radius 1 is 0.897 bits per heavy atom. The van der Waals surface area contributed by atoms with E-state index in [9.17, 15) is 9.59 Å². The minimum absolute atomic E-state index is 0.0693. The Bertz CT molecular complexity index is 816. The first-order valence-electron chi connectivity index (χ1n) is 9.90. The number of carbonyl (C=O) groups is 2. The number of urea groups is 1. The lowest BCUT2D eigenvalue weighted by Gasteiger charge is -2.21. The van der Waals surface area contributed by atoms with Crippen molar-refractivity contribution < 1.29 is 14.3 Å². The molecule has 2 N–H and O–H groups in total. The fourth-order valence-corrected chi connectivity index (χ4v) is 3.39. The number of nitrogens with one attached hydrogen (secondary N) is 2. The van der Waals surface area contributed by atoms with Crippen LogP contribution in [0.4, 0.5) is 16.2 Å². The Morgan fingerprint density at radius 3 is 2.03 bits per heavy atom. The van der Waals surface area contributed by atoms with Crippen LogP contribution in [0, 0.1) is 0 Å². The lowest BCUT2D eigenvalue weighted by molar-refractivity contribution is -0.122. The molecule has 0 spiro atoms. The SMILES string of the molecule is CC(Oc1ccc(Br)cc1)C(=O)Nc1ccc(NC(=O)N2CCCCCC2)cc1. The molecule has 1 unspecified atom stereocenters. The van der Waals surface area contributed by atoms with Crippen LogP contribution in [0.25, 0.3) is 0 Å². The summed E-state index contributed by atoms with van der Waals surface area (Å²) in [6.45, 7) is 3.31. The van der Waals surface area contributed by atoms with E-state index in [0.717, 1.165) is 30.4 Å². The van der Waals surface area contributed by atoms with Crippen molar-refractivity contribution in [1.29, 1.82) is 0 Å². The van der Waals surface area contributed by atoms with Gasteiger partial charge in [-0.05, 0) is 68.3 Å². The molecule has 1 atom stereocenters. The number of nitrogens with zero attached hydrogens (tertiary/aromatic N) is 1. The van der Waals surface area contributed by atoms with Gasteiger partial charge < -0.3 is 20.3 Å². The lowest BCUT2D eigenvalue weighted by Crippen LogP contribution is -2.35. The number of hydrogen-bond donors (Lipinski definition) is 2. The third kappa shape index (κ3) is 6.49. The predicted molar refractivity (Wildman–Crippen MR) is 118 cm³/mol. The van der Waals surface area contributed by atoms with Gasteiger partial charge in [0.15, 0.2) is 6.10 Å². The monoisotopic (exact) mass is 459 g/mol.